The zero-order valence-electron chi connectivity index (χ0n) is 16.9. The third kappa shape index (κ3) is 4.16. The van der Waals surface area contributed by atoms with E-state index in [-0.39, 0.29) is 29.8 Å². The number of carbonyl (C=O) groups is 2. The van der Waals surface area contributed by atoms with Crippen molar-refractivity contribution in [3.8, 4) is 0 Å². The van der Waals surface area contributed by atoms with Gasteiger partial charge in [-0.3, -0.25) is 13.9 Å². The first-order valence-electron chi connectivity index (χ1n) is 9.80. The molecular weight excluding hydrogens is 378 g/mol. The Hall–Kier alpha value is -2.09. The summed E-state index contributed by atoms with van der Waals surface area (Å²) in [6, 6.07) is 5.10. The van der Waals surface area contributed by atoms with E-state index in [2.05, 4.69) is 5.32 Å². The Labute approximate surface area is 167 Å². The van der Waals surface area contributed by atoms with E-state index in [9.17, 15) is 18.0 Å². The van der Waals surface area contributed by atoms with Gasteiger partial charge in [-0.25, -0.2) is 8.42 Å². The van der Waals surface area contributed by atoms with Crippen LogP contribution in [0.4, 0.5) is 5.69 Å². The van der Waals surface area contributed by atoms with Gasteiger partial charge in [-0.15, -0.1) is 0 Å². The summed E-state index contributed by atoms with van der Waals surface area (Å²) < 4.78 is 25.5. The second-order valence-corrected chi connectivity index (χ2v) is 10.0. The van der Waals surface area contributed by atoms with Gasteiger partial charge >= 0.3 is 0 Å². The van der Waals surface area contributed by atoms with Crippen molar-refractivity contribution in [2.45, 2.75) is 52.1 Å². The quantitative estimate of drug-likeness (QED) is 0.824. The molecule has 0 bridgehead atoms. The van der Waals surface area contributed by atoms with E-state index in [0.29, 0.717) is 30.8 Å². The molecule has 154 valence electrons. The number of hydrogen-bond acceptors (Lipinski definition) is 4. The first-order chi connectivity index (χ1) is 13.1. The van der Waals surface area contributed by atoms with Crippen LogP contribution in [0.15, 0.2) is 18.2 Å². The molecule has 0 aliphatic carbocycles. The van der Waals surface area contributed by atoms with Gasteiger partial charge in [-0.05, 0) is 49.9 Å². The molecule has 1 atom stereocenters. The smallest absolute Gasteiger partial charge is 0.251 e. The van der Waals surface area contributed by atoms with Gasteiger partial charge in [0.1, 0.15) is 0 Å². The highest BCUT2D eigenvalue weighted by molar-refractivity contribution is 7.92. The van der Waals surface area contributed by atoms with Crippen LogP contribution in [-0.4, -0.2) is 56.6 Å². The Balaban J connectivity index is 1.64. The lowest BCUT2D eigenvalue weighted by Gasteiger charge is -2.33. The van der Waals surface area contributed by atoms with Gasteiger partial charge < -0.3 is 10.2 Å². The van der Waals surface area contributed by atoms with Crippen molar-refractivity contribution in [1.29, 1.82) is 0 Å². The fourth-order valence-electron chi connectivity index (χ4n) is 4.13. The van der Waals surface area contributed by atoms with Gasteiger partial charge in [0.15, 0.2) is 0 Å². The van der Waals surface area contributed by atoms with E-state index in [0.717, 1.165) is 18.4 Å². The molecule has 0 radical (unpaired) electrons. The Morgan fingerprint density at radius 1 is 1.18 bits per heavy atom. The topological polar surface area (TPSA) is 86.8 Å². The minimum atomic E-state index is -3.34. The second kappa shape index (κ2) is 7.73. The van der Waals surface area contributed by atoms with Gasteiger partial charge in [-0.1, -0.05) is 13.8 Å². The summed E-state index contributed by atoms with van der Waals surface area (Å²) in [5, 5.41) is 3.06. The fraction of sp³-hybridized carbons (Fsp3) is 0.600. The number of carbonyl (C=O) groups excluding carboxylic acids is 2. The first-order valence-corrected chi connectivity index (χ1v) is 11.6. The molecule has 1 aromatic rings. The predicted molar refractivity (Wildman–Crippen MR) is 109 cm³/mol. The molecule has 28 heavy (non-hydrogen) atoms. The van der Waals surface area contributed by atoms with Crippen molar-refractivity contribution in [2.75, 3.05) is 23.7 Å². The number of amides is 2. The van der Waals surface area contributed by atoms with Crippen molar-refractivity contribution >= 4 is 27.5 Å². The van der Waals surface area contributed by atoms with E-state index >= 15 is 0 Å². The van der Waals surface area contributed by atoms with E-state index < -0.39 is 10.0 Å². The third-order valence-corrected chi connectivity index (χ3v) is 6.76. The highest BCUT2D eigenvalue weighted by Gasteiger charge is 2.33. The summed E-state index contributed by atoms with van der Waals surface area (Å²) in [4.78, 5) is 26.6. The number of benzene rings is 1. The SMILES string of the molecule is CC(C)C(=O)N1CCC(NC(=O)c2ccc3c(c2)C[C@@H](C)N3S(C)(=O)=O)CC1. The number of likely N-dealkylation sites (tertiary alicyclic amines) is 1. The van der Waals surface area contributed by atoms with Gasteiger partial charge in [0.05, 0.1) is 11.9 Å². The standard InChI is InChI=1S/C20H29N3O4S/c1-13(2)20(25)22-9-7-17(8-10-22)21-19(24)15-5-6-18-16(12-15)11-14(3)23(18)28(4,26)27/h5-6,12-14,17H,7-11H2,1-4H3,(H,21,24)/t14-/m1/s1. The average Bonchev–Trinajstić information content (AvgIpc) is 2.96. The van der Waals surface area contributed by atoms with Crippen molar-refractivity contribution in [3.63, 3.8) is 0 Å². The van der Waals surface area contributed by atoms with E-state index in [1.54, 1.807) is 18.2 Å². The molecule has 0 spiro atoms. The Morgan fingerprint density at radius 3 is 2.39 bits per heavy atom. The summed E-state index contributed by atoms with van der Waals surface area (Å²) in [6.45, 7) is 6.98. The van der Waals surface area contributed by atoms with E-state index in [4.69, 9.17) is 0 Å². The summed E-state index contributed by atoms with van der Waals surface area (Å²) in [5.74, 6) is 0.00120. The number of sulfonamides is 1. The van der Waals surface area contributed by atoms with E-state index in [1.165, 1.54) is 10.6 Å². The van der Waals surface area contributed by atoms with Crippen LogP contribution in [0.5, 0.6) is 0 Å². The van der Waals surface area contributed by atoms with Gasteiger partial charge in [0, 0.05) is 36.7 Å². The number of piperidine rings is 1. The molecule has 2 aliphatic rings. The minimum Gasteiger partial charge on any atom is -0.349 e. The number of nitrogens with one attached hydrogen (secondary N) is 1. The molecule has 3 rings (SSSR count). The number of nitrogens with zero attached hydrogens (tertiary/aromatic N) is 2. The summed E-state index contributed by atoms with van der Waals surface area (Å²) in [6.07, 6.45) is 3.29. The molecule has 7 nitrogen and oxygen atoms in total. The molecule has 0 saturated carbocycles. The van der Waals surface area contributed by atoms with E-state index in [1.807, 2.05) is 25.7 Å². The van der Waals surface area contributed by atoms with Gasteiger partial charge in [-0.2, -0.15) is 0 Å². The molecule has 1 N–H and O–H groups in total. The van der Waals surface area contributed by atoms with Crippen LogP contribution < -0.4 is 9.62 Å². The molecule has 1 saturated heterocycles. The predicted octanol–water partition coefficient (Wildman–Crippen LogP) is 1.77. The maximum atomic E-state index is 12.7. The van der Waals surface area contributed by atoms with Crippen LogP contribution in [0, 0.1) is 5.92 Å². The van der Waals surface area contributed by atoms with Crippen molar-refractivity contribution in [1.82, 2.24) is 10.2 Å². The lowest BCUT2D eigenvalue weighted by molar-refractivity contribution is -0.135. The summed E-state index contributed by atoms with van der Waals surface area (Å²) in [7, 11) is -3.34. The van der Waals surface area contributed by atoms with Crippen LogP contribution in [-0.2, 0) is 21.2 Å². The van der Waals surface area contributed by atoms with Crippen LogP contribution in [0.25, 0.3) is 0 Å². The van der Waals surface area contributed by atoms with Crippen molar-refractivity contribution < 1.29 is 18.0 Å². The molecular formula is C20H29N3O4S. The number of anilines is 1. The van der Waals surface area contributed by atoms with Crippen LogP contribution in [0.3, 0.4) is 0 Å². The molecule has 0 aromatic heterocycles. The molecule has 1 aromatic carbocycles. The normalized spacial score (nSPS) is 20.4. The molecule has 0 unspecified atom stereocenters. The zero-order chi connectivity index (χ0) is 20.6. The lowest BCUT2D eigenvalue weighted by Crippen LogP contribution is -2.47. The monoisotopic (exact) mass is 407 g/mol. The summed E-state index contributed by atoms with van der Waals surface area (Å²) in [5.41, 5.74) is 2.08. The maximum absolute atomic E-state index is 12.7. The third-order valence-electron chi connectivity index (χ3n) is 5.49. The van der Waals surface area contributed by atoms with Crippen LogP contribution >= 0.6 is 0 Å². The largest absolute Gasteiger partial charge is 0.349 e. The second-order valence-electron chi connectivity index (χ2n) is 8.18. The summed E-state index contributed by atoms with van der Waals surface area (Å²) >= 11 is 0. The Morgan fingerprint density at radius 2 is 1.82 bits per heavy atom. The molecule has 2 heterocycles. The molecule has 2 amide bonds. The molecule has 8 heteroatoms. The Bertz CT molecular complexity index is 873. The fourth-order valence-corrected chi connectivity index (χ4v) is 5.39. The van der Waals surface area contributed by atoms with Crippen LogP contribution in [0.2, 0.25) is 0 Å². The number of rotatable bonds is 4. The lowest BCUT2D eigenvalue weighted by atomic mass is 10.0. The first kappa shape index (κ1) is 20.6. The van der Waals surface area contributed by atoms with Crippen molar-refractivity contribution in [3.05, 3.63) is 29.3 Å². The van der Waals surface area contributed by atoms with Gasteiger partial charge in [0.2, 0.25) is 15.9 Å². The zero-order valence-corrected chi connectivity index (χ0v) is 17.8. The van der Waals surface area contributed by atoms with Crippen LogP contribution in [0.1, 0.15) is 49.5 Å². The molecule has 2 aliphatic heterocycles. The minimum absolute atomic E-state index is 0.00792. The Kier molecular flexibility index (Phi) is 5.70. The average molecular weight is 408 g/mol. The highest BCUT2D eigenvalue weighted by atomic mass is 32.2. The maximum Gasteiger partial charge on any atom is 0.251 e. The number of fused-ring (bicyclic) bond motifs is 1. The molecule has 1 fully saturated rings. The highest BCUT2D eigenvalue weighted by Crippen LogP contribution is 2.34. The van der Waals surface area contributed by atoms with Gasteiger partial charge in [0.25, 0.3) is 5.91 Å². The number of hydrogen-bond donors (Lipinski definition) is 1. The van der Waals surface area contributed by atoms with Crippen molar-refractivity contribution in [2.24, 2.45) is 5.92 Å².